The van der Waals surface area contributed by atoms with E-state index in [0.29, 0.717) is 39.5 Å². The predicted molar refractivity (Wildman–Crippen MR) is 127 cm³/mol. The smallest absolute Gasteiger partial charge is 0.418 e. The fraction of sp³-hybridized carbons (Fsp3) is 0.130. The van der Waals surface area contributed by atoms with Crippen LogP contribution >= 0.6 is 23.2 Å². The highest BCUT2D eigenvalue weighted by Crippen LogP contribution is 2.47. The number of carbonyl (C=O) groups excluding carboxylic acids is 1. The Morgan fingerprint density at radius 2 is 1.55 bits per heavy atom. The van der Waals surface area contributed by atoms with Crippen molar-refractivity contribution in [3.05, 3.63) is 64.5 Å². The van der Waals surface area contributed by atoms with Crippen molar-refractivity contribution in [2.24, 2.45) is 0 Å². The first-order valence-electron chi connectivity index (χ1n) is 9.68. The summed E-state index contributed by atoms with van der Waals surface area (Å²) in [7, 11) is 2.99. The summed E-state index contributed by atoms with van der Waals surface area (Å²) in [6, 6.07) is 8.39. The number of fused-ring (bicyclic) bond motifs is 1. The fourth-order valence-corrected chi connectivity index (χ4v) is 3.91. The van der Waals surface area contributed by atoms with Crippen LogP contribution in [0, 0.1) is 6.92 Å². The summed E-state index contributed by atoms with van der Waals surface area (Å²) < 4.78 is 16.2. The molecule has 8 nitrogen and oxygen atoms in total. The number of carbonyl (C=O) groups is 1. The SMILES string of the molecule is COc1cc(OC)c(Cl)c(-c2ccc(OC(=O)Nc3ccc(C)cn3)c3nccnc23)c1Cl. The lowest BCUT2D eigenvalue weighted by Crippen LogP contribution is -2.17. The topological polar surface area (TPSA) is 95.5 Å². The molecule has 0 unspecified atom stereocenters. The lowest BCUT2D eigenvalue weighted by atomic mass is 10.0. The molecule has 1 amide bonds. The molecule has 0 saturated carbocycles. The summed E-state index contributed by atoms with van der Waals surface area (Å²) in [6.07, 6.45) is 3.94. The molecule has 0 spiro atoms. The van der Waals surface area contributed by atoms with Crippen LogP contribution in [-0.2, 0) is 0 Å². The molecule has 0 aliphatic carbocycles. The second-order valence-corrected chi connectivity index (χ2v) is 7.64. The monoisotopic (exact) mass is 484 g/mol. The van der Waals surface area contributed by atoms with E-state index < -0.39 is 6.09 Å². The van der Waals surface area contributed by atoms with Gasteiger partial charge in [-0.3, -0.25) is 10.3 Å². The second kappa shape index (κ2) is 9.48. The number of hydrogen-bond acceptors (Lipinski definition) is 7. The number of ether oxygens (including phenoxy) is 3. The van der Waals surface area contributed by atoms with E-state index in [1.54, 1.807) is 30.5 Å². The van der Waals surface area contributed by atoms with Crippen molar-refractivity contribution in [3.63, 3.8) is 0 Å². The second-order valence-electron chi connectivity index (χ2n) is 6.88. The third-order valence-corrected chi connectivity index (χ3v) is 5.53. The molecule has 2 heterocycles. The van der Waals surface area contributed by atoms with E-state index in [2.05, 4.69) is 20.3 Å². The van der Waals surface area contributed by atoms with Crippen LogP contribution in [0.4, 0.5) is 10.6 Å². The molecule has 0 atom stereocenters. The number of aryl methyl sites for hydroxylation is 1. The van der Waals surface area contributed by atoms with Gasteiger partial charge in [0.25, 0.3) is 0 Å². The van der Waals surface area contributed by atoms with Gasteiger partial charge in [-0.1, -0.05) is 29.3 Å². The molecular formula is C23H18Cl2N4O4. The van der Waals surface area contributed by atoms with Gasteiger partial charge in [-0.05, 0) is 30.7 Å². The van der Waals surface area contributed by atoms with Crippen molar-refractivity contribution in [2.75, 3.05) is 19.5 Å². The van der Waals surface area contributed by atoms with E-state index in [1.807, 2.05) is 13.0 Å². The van der Waals surface area contributed by atoms with Gasteiger partial charge in [0.1, 0.15) is 28.4 Å². The van der Waals surface area contributed by atoms with E-state index in [9.17, 15) is 4.79 Å². The first-order chi connectivity index (χ1) is 15.9. The zero-order chi connectivity index (χ0) is 23.5. The Bertz CT molecular complexity index is 1320. The van der Waals surface area contributed by atoms with Gasteiger partial charge in [-0.25, -0.2) is 14.8 Å². The van der Waals surface area contributed by atoms with E-state index in [4.69, 9.17) is 37.4 Å². The number of hydrogen-bond donors (Lipinski definition) is 1. The molecule has 2 aromatic carbocycles. The highest BCUT2D eigenvalue weighted by Gasteiger charge is 2.22. The summed E-state index contributed by atoms with van der Waals surface area (Å²) in [6.45, 7) is 1.90. The standard InChI is InChI=1S/C23H18Cl2N4O4/c1-12-4-7-17(28-11-12)29-23(30)33-14-6-5-13(21-22(14)27-9-8-26-21)18-19(24)15(31-2)10-16(32-3)20(18)25/h4-11H,1-3H3,(H,28,29,30). The van der Waals surface area contributed by atoms with Gasteiger partial charge in [0.2, 0.25) is 0 Å². The number of benzene rings is 2. The van der Waals surface area contributed by atoms with E-state index >= 15 is 0 Å². The maximum absolute atomic E-state index is 12.4. The van der Waals surface area contributed by atoms with Crippen LogP contribution in [0.2, 0.25) is 10.0 Å². The maximum atomic E-state index is 12.4. The third kappa shape index (κ3) is 4.48. The molecule has 33 heavy (non-hydrogen) atoms. The van der Waals surface area contributed by atoms with Crippen LogP contribution in [-0.4, -0.2) is 35.3 Å². The minimum Gasteiger partial charge on any atom is -0.495 e. The van der Waals surface area contributed by atoms with E-state index in [1.165, 1.54) is 26.6 Å². The van der Waals surface area contributed by atoms with Crippen LogP contribution in [0.1, 0.15) is 5.56 Å². The summed E-state index contributed by atoms with van der Waals surface area (Å²) in [5.41, 5.74) is 2.77. The van der Waals surface area contributed by atoms with Gasteiger partial charge < -0.3 is 14.2 Å². The average Bonchev–Trinajstić information content (AvgIpc) is 2.82. The lowest BCUT2D eigenvalue weighted by Gasteiger charge is -2.16. The number of anilines is 1. The number of nitrogens with zero attached hydrogens (tertiary/aromatic N) is 3. The molecule has 0 bridgehead atoms. The number of aromatic nitrogens is 3. The molecule has 10 heteroatoms. The van der Waals surface area contributed by atoms with Gasteiger partial charge in [-0.2, -0.15) is 0 Å². The molecule has 0 aliphatic heterocycles. The third-order valence-electron chi connectivity index (χ3n) is 4.78. The molecule has 0 aliphatic rings. The Hall–Kier alpha value is -3.62. The van der Waals surface area contributed by atoms with Gasteiger partial charge in [0.15, 0.2) is 5.75 Å². The van der Waals surface area contributed by atoms with Crippen molar-refractivity contribution in [1.82, 2.24) is 15.0 Å². The summed E-state index contributed by atoms with van der Waals surface area (Å²) in [5.74, 6) is 1.33. The molecule has 0 radical (unpaired) electrons. The Kier molecular flexibility index (Phi) is 6.48. The largest absolute Gasteiger partial charge is 0.495 e. The zero-order valence-electron chi connectivity index (χ0n) is 17.8. The van der Waals surface area contributed by atoms with E-state index in [0.717, 1.165) is 5.56 Å². The van der Waals surface area contributed by atoms with Crippen molar-refractivity contribution in [3.8, 4) is 28.4 Å². The molecule has 0 saturated heterocycles. The van der Waals surface area contributed by atoms with Crippen LogP contribution < -0.4 is 19.5 Å². The maximum Gasteiger partial charge on any atom is 0.418 e. The van der Waals surface area contributed by atoms with Crippen molar-refractivity contribution in [1.29, 1.82) is 0 Å². The Morgan fingerprint density at radius 1 is 0.879 bits per heavy atom. The number of rotatable bonds is 5. The number of halogens is 2. The van der Waals surface area contributed by atoms with Crippen LogP contribution in [0.5, 0.6) is 17.2 Å². The minimum absolute atomic E-state index is 0.202. The molecule has 1 N–H and O–H groups in total. The summed E-state index contributed by atoms with van der Waals surface area (Å²) >= 11 is 13.2. The molecule has 2 aromatic heterocycles. The normalized spacial score (nSPS) is 10.7. The average molecular weight is 485 g/mol. The van der Waals surface area contributed by atoms with Crippen LogP contribution in [0.25, 0.3) is 22.2 Å². The summed E-state index contributed by atoms with van der Waals surface area (Å²) in [5, 5.41) is 3.15. The Balaban J connectivity index is 1.77. The first-order valence-corrected chi connectivity index (χ1v) is 10.4. The summed E-state index contributed by atoms with van der Waals surface area (Å²) in [4.78, 5) is 25.4. The lowest BCUT2D eigenvalue weighted by molar-refractivity contribution is 0.215. The van der Waals surface area contributed by atoms with Gasteiger partial charge in [-0.15, -0.1) is 0 Å². The quantitative estimate of drug-likeness (QED) is 0.374. The fourth-order valence-electron chi connectivity index (χ4n) is 3.21. The molecular weight excluding hydrogens is 467 g/mol. The zero-order valence-corrected chi connectivity index (χ0v) is 19.4. The van der Waals surface area contributed by atoms with Gasteiger partial charge >= 0.3 is 6.09 Å². The first kappa shape index (κ1) is 22.6. The molecule has 0 fully saturated rings. The number of methoxy groups -OCH3 is 2. The van der Waals surface area contributed by atoms with Crippen LogP contribution in [0.15, 0.2) is 48.9 Å². The number of nitrogens with one attached hydrogen (secondary N) is 1. The van der Waals surface area contributed by atoms with Crippen molar-refractivity contribution < 1.29 is 19.0 Å². The Morgan fingerprint density at radius 3 is 2.15 bits per heavy atom. The number of pyridine rings is 1. The van der Waals surface area contributed by atoms with Crippen molar-refractivity contribution >= 4 is 46.1 Å². The van der Waals surface area contributed by atoms with Crippen LogP contribution in [0.3, 0.4) is 0 Å². The van der Waals surface area contributed by atoms with Gasteiger partial charge in [0.05, 0.1) is 24.3 Å². The van der Waals surface area contributed by atoms with E-state index in [-0.39, 0.29) is 15.8 Å². The molecule has 4 rings (SSSR count). The van der Waals surface area contributed by atoms with Crippen molar-refractivity contribution in [2.45, 2.75) is 6.92 Å². The number of amides is 1. The van der Waals surface area contributed by atoms with Gasteiger partial charge in [0, 0.05) is 35.8 Å². The minimum atomic E-state index is -0.717. The Labute approximate surface area is 199 Å². The highest BCUT2D eigenvalue weighted by atomic mass is 35.5. The molecule has 168 valence electrons. The predicted octanol–water partition coefficient (Wildman–Crippen LogP) is 5.94. The highest BCUT2D eigenvalue weighted by molar-refractivity contribution is 6.41. The molecule has 4 aromatic rings.